The van der Waals surface area contributed by atoms with E-state index < -0.39 is 0 Å². The quantitative estimate of drug-likeness (QED) is 0.738. The highest BCUT2D eigenvalue weighted by molar-refractivity contribution is 7.12. The summed E-state index contributed by atoms with van der Waals surface area (Å²) in [5.74, 6) is 0.393. The molecule has 1 saturated heterocycles. The average molecular weight is 224 g/mol. The van der Waals surface area contributed by atoms with Crippen LogP contribution in [0, 0.1) is 5.92 Å². The maximum absolute atomic E-state index is 12.2. The van der Waals surface area contributed by atoms with E-state index in [4.69, 9.17) is 4.74 Å². The second-order valence-electron chi connectivity index (χ2n) is 3.91. The molecule has 0 bridgehead atoms. The standard InChI is InChI=1S/C12H16O2S/c1-2-9-5-7-15-12(9)11(13)10-4-3-6-14-8-10/h5,7,10H,2-4,6,8H2,1H3. The molecule has 1 aromatic heterocycles. The third-order valence-electron chi connectivity index (χ3n) is 2.88. The smallest absolute Gasteiger partial charge is 0.178 e. The molecule has 1 aromatic rings. The first kappa shape index (κ1) is 10.8. The molecule has 2 rings (SSSR count). The molecule has 1 aliphatic rings. The minimum atomic E-state index is 0.0997. The number of thiophene rings is 1. The van der Waals surface area contributed by atoms with Gasteiger partial charge in [-0.3, -0.25) is 4.79 Å². The van der Waals surface area contributed by atoms with Gasteiger partial charge in [0.25, 0.3) is 0 Å². The van der Waals surface area contributed by atoms with Gasteiger partial charge >= 0.3 is 0 Å². The molecule has 3 heteroatoms. The highest BCUT2D eigenvalue weighted by Crippen LogP contribution is 2.25. The number of Topliss-reactive ketones (excluding diaryl/α,β-unsaturated/α-hetero) is 1. The van der Waals surface area contributed by atoms with E-state index in [2.05, 4.69) is 13.0 Å². The fourth-order valence-corrected chi connectivity index (χ4v) is 2.98. The largest absolute Gasteiger partial charge is 0.381 e. The number of carbonyl (C=O) groups excluding carboxylic acids is 1. The van der Waals surface area contributed by atoms with E-state index in [-0.39, 0.29) is 5.92 Å². The van der Waals surface area contributed by atoms with Gasteiger partial charge in [0.05, 0.1) is 11.5 Å². The molecule has 1 atom stereocenters. The number of hydrogen-bond acceptors (Lipinski definition) is 3. The van der Waals surface area contributed by atoms with E-state index in [1.807, 2.05) is 5.38 Å². The van der Waals surface area contributed by atoms with Crippen molar-refractivity contribution in [2.45, 2.75) is 26.2 Å². The molecule has 82 valence electrons. The van der Waals surface area contributed by atoms with Gasteiger partial charge in [0.15, 0.2) is 5.78 Å². The van der Waals surface area contributed by atoms with Crippen LogP contribution in [-0.2, 0) is 11.2 Å². The minimum Gasteiger partial charge on any atom is -0.381 e. The summed E-state index contributed by atoms with van der Waals surface area (Å²) in [6.45, 7) is 3.52. The van der Waals surface area contributed by atoms with Crippen LogP contribution in [0.1, 0.15) is 35.0 Å². The molecule has 0 spiro atoms. The molecular formula is C12H16O2S. The SMILES string of the molecule is CCc1ccsc1C(=O)C1CCCOC1. The van der Waals surface area contributed by atoms with Crippen molar-refractivity contribution in [3.8, 4) is 0 Å². The summed E-state index contributed by atoms with van der Waals surface area (Å²) in [5, 5.41) is 2.01. The highest BCUT2D eigenvalue weighted by atomic mass is 32.1. The zero-order valence-electron chi connectivity index (χ0n) is 8.99. The van der Waals surface area contributed by atoms with Gasteiger partial charge in [-0.05, 0) is 36.3 Å². The van der Waals surface area contributed by atoms with Gasteiger partial charge < -0.3 is 4.74 Å². The Kier molecular flexibility index (Phi) is 3.54. The molecular weight excluding hydrogens is 208 g/mol. The van der Waals surface area contributed by atoms with Crippen molar-refractivity contribution in [3.05, 3.63) is 21.9 Å². The summed E-state index contributed by atoms with van der Waals surface area (Å²) in [7, 11) is 0. The lowest BCUT2D eigenvalue weighted by Crippen LogP contribution is -2.25. The highest BCUT2D eigenvalue weighted by Gasteiger charge is 2.25. The van der Waals surface area contributed by atoms with Crippen LogP contribution in [0.25, 0.3) is 0 Å². The number of rotatable bonds is 3. The van der Waals surface area contributed by atoms with Crippen LogP contribution in [0.3, 0.4) is 0 Å². The van der Waals surface area contributed by atoms with Crippen LogP contribution in [0.2, 0.25) is 0 Å². The Hall–Kier alpha value is -0.670. The minimum absolute atomic E-state index is 0.0997. The van der Waals surface area contributed by atoms with Crippen LogP contribution in [-0.4, -0.2) is 19.0 Å². The molecule has 1 aliphatic heterocycles. The van der Waals surface area contributed by atoms with Crippen molar-refractivity contribution in [1.29, 1.82) is 0 Å². The first-order valence-corrected chi connectivity index (χ1v) is 6.39. The third kappa shape index (κ3) is 2.29. The van der Waals surface area contributed by atoms with Crippen LogP contribution in [0.5, 0.6) is 0 Å². The lowest BCUT2D eigenvalue weighted by atomic mass is 9.95. The van der Waals surface area contributed by atoms with Gasteiger partial charge in [0.2, 0.25) is 0 Å². The Morgan fingerprint density at radius 2 is 2.53 bits per heavy atom. The molecule has 2 nitrogen and oxygen atoms in total. The van der Waals surface area contributed by atoms with E-state index in [1.165, 1.54) is 5.56 Å². The third-order valence-corrected chi connectivity index (χ3v) is 3.85. The Morgan fingerprint density at radius 3 is 3.20 bits per heavy atom. The fraction of sp³-hybridized carbons (Fsp3) is 0.583. The number of ether oxygens (including phenoxy) is 1. The molecule has 0 aromatic carbocycles. The summed E-state index contributed by atoms with van der Waals surface area (Å²) < 4.78 is 5.36. The molecule has 2 heterocycles. The maximum atomic E-state index is 12.2. The summed E-state index contributed by atoms with van der Waals surface area (Å²) in [4.78, 5) is 13.1. The molecule has 0 amide bonds. The topological polar surface area (TPSA) is 26.3 Å². The van der Waals surface area contributed by atoms with Crippen molar-refractivity contribution in [1.82, 2.24) is 0 Å². The van der Waals surface area contributed by atoms with Gasteiger partial charge in [-0.1, -0.05) is 6.92 Å². The zero-order valence-corrected chi connectivity index (χ0v) is 9.81. The van der Waals surface area contributed by atoms with Crippen molar-refractivity contribution in [2.24, 2.45) is 5.92 Å². The van der Waals surface area contributed by atoms with Crippen molar-refractivity contribution >= 4 is 17.1 Å². The second kappa shape index (κ2) is 4.90. The number of aryl methyl sites for hydroxylation is 1. The van der Waals surface area contributed by atoms with Gasteiger partial charge in [0.1, 0.15) is 0 Å². The van der Waals surface area contributed by atoms with Crippen LogP contribution < -0.4 is 0 Å². The number of hydrogen-bond donors (Lipinski definition) is 0. The van der Waals surface area contributed by atoms with Crippen molar-refractivity contribution in [3.63, 3.8) is 0 Å². The van der Waals surface area contributed by atoms with E-state index in [0.29, 0.717) is 12.4 Å². The van der Waals surface area contributed by atoms with Gasteiger partial charge in [-0.25, -0.2) is 0 Å². The second-order valence-corrected chi connectivity index (χ2v) is 4.82. The molecule has 1 unspecified atom stereocenters. The van der Waals surface area contributed by atoms with E-state index >= 15 is 0 Å². The summed E-state index contributed by atoms with van der Waals surface area (Å²) >= 11 is 1.57. The molecule has 0 N–H and O–H groups in total. The predicted octanol–water partition coefficient (Wildman–Crippen LogP) is 2.92. The van der Waals surface area contributed by atoms with Crippen LogP contribution in [0.15, 0.2) is 11.4 Å². The van der Waals surface area contributed by atoms with Gasteiger partial charge in [-0.2, -0.15) is 0 Å². The number of ketones is 1. The fourth-order valence-electron chi connectivity index (χ4n) is 1.96. The molecule has 0 saturated carbocycles. The molecule has 15 heavy (non-hydrogen) atoms. The van der Waals surface area contributed by atoms with Gasteiger partial charge in [0, 0.05) is 12.5 Å². The van der Waals surface area contributed by atoms with E-state index in [9.17, 15) is 4.79 Å². The maximum Gasteiger partial charge on any atom is 0.178 e. The Labute approximate surface area is 94.3 Å². The molecule has 0 radical (unpaired) electrons. The first-order valence-electron chi connectivity index (χ1n) is 5.51. The lowest BCUT2D eigenvalue weighted by molar-refractivity contribution is 0.0463. The lowest BCUT2D eigenvalue weighted by Gasteiger charge is -2.20. The molecule has 0 aliphatic carbocycles. The van der Waals surface area contributed by atoms with E-state index in [0.717, 1.165) is 30.7 Å². The molecule has 1 fully saturated rings. The predicted molar refractivity (Wildman–Crippen MR) is 61.6 cm³/mol. The van der Waals surface area contributed by atoms with Crippen molar-refractivity contribution < 1.29 is 9.53 Å². The monoisotopic (exact) mass is 224 g/mol. The van der Waals surface area contributed by atoms with Crippen LogP contribution >= 0.6 is 11.3 Å². The van der Waals surface area contributed by atoms with Crippen molar-refractivity contribution in [2.75, 3.05) is 13.2 Å². The van der Waals surface area contributed by atoms with E-state index in [1.54, 1.807) is 11.3 Å². The summed E-state index contributed by atoms with van der Waals surface area (Å²) in [6, 6.07) is 2.06. The van der Waals surface area contributed by atoms with Gasteiger partial charge in [-0.15, -0.1) is 11.3 Å². The van der Waals surface area contributed by atoms with Crippen LogP contribution in [0.4, 0.5) is 0 Å². The Bertz CT molecular complexity index is 337. The normalized spacial score (nSPS) is 21.5. The zero-order chi connectivity index (χ0) is 10.7. The summed E-state index contributed by atoms with van der Waals surface area (Å²) in [5.41, 5.74) is 1.19. The number of carbonyl (C=O) groups is 1. The summed E-state index contributed by atoms with van der Waals surface area (Å²) in [6.07, 6.45) is 2.95. The first-order chi connectivity index (χ1) is 7.33. The average Bonchev–Trinajstić information content (AvgIpc) is 2.77. The Balaban J connectivity index is 2.12. The Morgan fingerprint density at radius 1 is 1.67 bits per heavy atom.